The third-order valence-electron chi connectivity index (χ3n) is 4.98. The molecule has 0 spiro atoms. The molecule has 3 aromatic heterocycles. The van der Waals surface area contributed by atoms with Crippen LogP contribution >= 0.6 is 0 Å². The van der Waals surface area contributed by atoms with Gasteiger partial charge in [-0.2, -0.15) is 10.7 Å². The number of aromatic amines is 1. The van der Waals surface area contributed by atoms with E-state index in [0.717, 1.165) is 28.1 Å². The Morgan fingerprint density at radius 1 is 1.19 bits per heavy atom. The number of nitrogens with zero attached hydrogens (tertiary/aromatic N) is 4. The SMILES string of the molecule is Cc1c[c-]c(=NC2CCCCCCC2)[nH]c1-c1cnc2cccnn12.[Rf]. The molecule has 0 unspecified atom stereocenters. The van der Waals surface area contributed by atoms with Crippen molar-refractivity contribution in [2.45, 2.75) is 57.9 Å². The Hall–Kier alpha value is -3.43. The third kappa shape index (κ3) is 3.48. The van der Waals surface area contributed by atoms with E-state index >= 15 is 0 Å². The zero-order valence-electron chi connectivity index (χ0n) is 15.4. The number of hydrogen-bond donors (Lipinski definition) is 1. The van der Waals surface area contributed by atoms with Gasteiger partial charge in [-0.05, 0) is 30.7 Å². The van der Waals surface area contributed by atoms with Crippen molar-refractivity contribution in [1.29, 1.82) is 0 Å². The normalized spacial score (nSPS) is 16.9. The van der Waals surface area contributed by atoms with Crippen molar-refractivity contribution in [1.82, 2.24) is 19.6 Å². The first-order chi connectivity index (χ1) is 12.3. The minimum absolute atomic E-state index is 0. The van der Waals surface area contributed by atoms with Crippen LogP contribution in [0.4, 0.5) is 0 Å². The molecule has 0 atom stereocenters. The number of nitrogens with one attached hydrogen (secondary N) is 1. The molecule has 5 nitrogen and oxygen atoms in total. The van der Waals surface area contributed by atoms with Crippen LogP contribution in [0.3, 0.4) is 0 Å². The van der Waals surface area contributed by atoms with Gasteiger partial charge in [-0.3, -0.25) is 4.99 Å². The molecule has 1 aliphatic rings. The first kappa shape index (κ1) is 17.4. The van der Waals surface area contributed by atoms with Gasteiger partial charge in [0.05, 0.1) is 17.9 Å². The summed E-state index contributed by atoms with van der Waals surface area (Å²) in [7, 11) is 0. The number of fused-ring (bicyclic) bond motifs is 1. The molecule has 1 saturated carbocycles. The van der Waals surface area contributed by atoms with Gasteiger partial charge in [0.15, 0.2) is 5.65 Å². The van der Waals surface area contributed by atoms with Crippen molar-refractivity contribution in [3.05, 3.63) is 47.7 Å². The fourth-order valence-electron chi connectivity index (χ4n) is 3.58. The predicted octanol–water partition coefficient (Wildman–Crippen LogP) is 3.85. The van der Waals surface area contributed by atoms with Crippen molar-refractivity contribution in [2.24, 2.45) is 4.99 Å². The second-order valence-corrected chi connectivity index (χ2v) is 6.89. The van der Waals surface area contributed by atoms with Crippen LogP contribution in [0.1, 0.15) is 50.5 Å². The number of pyridine rings is 1. The van der Waals surface area contributed by atoms with E-state index < -0.39 is 0 Å². The van der Waals surface area contributed by atoms with Crippen LogP contribution in [-0.4, -0.2) is 25.6 Å². The summed E-state index contributed by atoms with van der Waals surface area (Å²) in [4.78, 5) is 12.9. The van der Waals surface area contributed by atoms with Crippen molar-refractivity contribution in [2.75, 3.05) is 0 Å². The van der Waals surface area contributed by atoms with Crippen LogP contribution in [0.25, 0.3) is 17.0 Å². The van der Waals surface area contributed by atoms with E-state index in [0.29, 0.717) is 6.04 Å². The molecule has 0 bridgehead atoms. The topological polar surface area (TPSA) is 58.3 Å². The quantitative estimate of drug-likeness (QED) is 0.454. The summed E-state index contributed by atoms with van der Waals surface area (Å²) in [5.41, 5.74) is 4.75. The third-order valence-corrected chi connectivity index (χ3v) is 4.98. The Labute approximate surface area is 147 Å². The predicted molar refractivity (Wildman–Crippen MR) is 98.0 cm³/mol. The molecule has 1 aliphatic carbocycles. The van der Waals surface area contributed by atoms with Crippen LogP contribution in [0.5, 0.6) is 0 Å². The Balaban J connectivity index is 0.00000196. The standard InChI is InChI=1S/C20H24N5.Rf/c1-15-11-12-18(23-16-8-5-3-2-4-6-9-16)24-20(15)17-14-21-19-10-7-13-22-25(17)19;/h7,10-11,13-14,16H,2-6,8-9H2,1H3,(H,23,24);/q-1;. The summed E-state index contributed by atoms with van der Waals surface area (Å²) in [6, 6.07) is 9.57. The first-order valence-corrected chi connectivity index (χ1v) is 9.26. The molecule has 4 rings (SSSR count). The summed E-state index contributed by atoms with van der Waals surface area (Å²) in [5, 5.41) is 4.42. The van der Waals surface area contributed by atoms with E-state index in [1.54, 1.807) is 6.20 Å². The summed E-state index contributed by atoms with van der Waals surface area (Å²) in [6.07, 6.45) is 12.6. The monoisotopic (exact) mass is 601 g/mol. The van der Waals surface area contributed by atoms with E-state index in [1.165, 1.54) is 44.9 Å². The number of aryl methyl sites for hydroxylation is 1. The minimum atomic E-state index is 0. The molecule has 6 heteroatoms. The zero-order valence-corrected chi connectivity index (χ0v) is 21.8. The van der Waals surface area contributed by atoms with E-state index in [4.69, 9.17) is 4.99 Å². The average Bonchev–Trinajstić information content (AvgIpc) is 3.03. The summed E-state index contributed by atoms with van der Waals surface area (Å²) in [6.45, 7) is 2.07. The molecule has 3 aromatic rings. The van der Waals surface area contributed by atoms with Crippen molar-refractivity contribution in [3.63, 3.8) is 0 Å². The van der Waals surface area contributed by atoms with Crippen LogP contribution < -0.4 is 5.49 Å². The van der Waals surface area contributed by atoms with Crippen LogP contribution in [0, 0.1) is 13.0 Å². The van der Waals surface area contributed by atoms with E-state index in [1.807, 2.05) is 28.9 Å². The van der Waals surface area contributed by atoms with Crippen LogP contribution in [0.15, 0.2) is 35.6 Å². The maximum Gasteiger partial charge on any atom is 0.154 e. The van der Waals surface area contributed by atoms with Crippen LogP contribution in [-0.2, 0) is 0 Å². The Morgan fingerprint density at radius 3 is 2.77 bits per heavy atom. The van der Waals surface area contributed by atoms with Gasteiger partial charge in [-0.1, -0.05) is 32.1 Å². The second-order valence-electron chi connectivity index (χ2n) is 6.89. The fraction of sp³-hybridized carbons (Fsp3) is 0.450. The van der Waals surface area contributed by atoms with Gasteiger partial charge >= 0.3 is 0 Å². The van der Waals surface area contributed by atoms with Crippen molar-refractivity contribution >= 4 is 5.65 Å². The molecule has 3 heterocycles. The molecule has 132 valence electrons. The molecule has 1 fully saturated rings. The first-order valence-electron chi connectivity index (χ1n) is 9.26. The smallest absolute Gasteiger partial charge is 0.154 e. The maximum atomic E-state index is 4.95. The molecule has 0 amide bonds. The molecule has 0 radical (unpaired) electrons. The largest absolute Gasteiger partial charge is 0.370 e. The summed E-state index contributed by atoms with van der Waals surface area (Å²) in [5.74, 6) is 0. The number of imidazole rings is 1. The van der Waals surface area contributed by atoms with Crippen LogP contribution in [0.2, 0.25) is 0 Å². The second kappa shape index (κ2) is 7.64. The van der Waals surface area contributed by atoms with E-state index in [-0.39, 0.29) is 0 Å². The number of H-pyrrole nitrogens is 1. The van der Waals surface area contributed by atoms with Gasteiger partial charge in [-0.15, -0.1) is 6.92 Å². The zero-order chi connectivity index (χ0) is 17.1. The summed E-state index contributed by atoms with van der Waals surface area (Å²) < 4.78 is 1.86. The molecule has 1 N–H and O–H groups in total. The summed E-state index contributed by atoms with van der Waals surface area (Å²) >= 11 is 0. The van der Waals surface area contributed by atoms with Crippen molar-refractivity contribution in [3.8, 4) is 11.4 Å². The number of aromatic nitrogens is 4. The number of hydrogen-bond acceptors (Lipinski definition) is 3. The Morgan fingerprint density at radius 2 is 1.96 bits per heavy atom. The molecule has 0 aromatic carbocycles. The van der Waals surface area contributed by atoms with Gasteiger partial charge in [0.1, 0.15) is 0 Å². The van der Waals surface area contributed by atoms with E-state index in [9.17, 15) is 0 Å². The minimum Gasteiger partial charge on any atom is -0.370 e. The number of rotatable bonds is 2. The van der Waals surface area contributed by atoms with Gasteiger partial charge < -0.3 is 4.98 Å². The van der Waals surface area contributed by atoms with Gasteiger partial charge in [0.25, 0.3) is 0 Å². The fourth-order valence-corrected chi connectivity index (χ4v) is 3.58. The van der Waals surface area contributed by atoms with Gasteiger partial charge in [0, 0.05) is 11.7 Å². The molecule has 26 heavy (non-hydrogen) atoms. The molecular weight excluding hydrogens is 577 g/mol. The Kier molecular flexibility index (Phi) is 5.11. The van der Waals surface area contributed by atoms with Gasteiger partial charge in [0.2, 0.25) is 0 Å². The maximum absolute atomic E-state index is 4.95. The van der Waals surface area contributed by atoms with E-state index in [2.05, 4.69) is 28.1 Å². The van der Waals surface area contributed by atoms with Crippen molar-refractivity contribution < 1.29 is 0 Å². The molecular formula is C20H24N5Rf-. The average molecular weight is 601 g/mol. The molecule has 0 aliphatic heterocycles. The Bertz CT molecular complexity index is 919. The van der Waals surface area contributed by atoms with Gasteiger partial charge in [-0.25, -0.2) is 21.6 Å². The molecule has 0 saturated heterocycles.